The van der Waals surface area contributed by atoms with Gasteiger partial charge in [0.2, 0.25) is 0 Å². The molecular weight excluding hydrogens is 286 g/mol. The molecule has 0 aliphatic heterocycles. The standard InChI is InChI=1S/C15H13ClF2O2/c1-2-20-10-5-3-9(4-6-10)15(19)11-7-14(18)12(16)8-13(11)17/h3-8,15,19H,2H2,1H3. The van der Waals surface area contributed by atoms with E-state index in [1.165, 1.54) is 0 Å². The number of hydrogen-bond acceptors (Lipinski definition) is 2. The van der Waals surface area contributed by atoms with Gasteiger partial charge in [0.1, 0.15) is 23.5 Å². The molecule has 20 heavy (non-hydrogen) atoms. The van der Waals surface area contributed by atoms with Crippen LogP contribution in [0.25, 0.3) is 0 Å². The molecule has 1 atom stereocenters. The number of aliphatic hydroxyl groups excluding tert-OH is 1. The first kappa shape index (κ1) is 14.8. The molecule has 2 aromatic carbocycles. The topological polar surface area (TPSA) is 29.5 Å². The molecule has 5 heteroatoms. The Morgan fingerprint density at radius 2 is 1.80 bits per heavy atom. The Morgan fingerprint density at radius 3 is 2.40 bits per heavy atom. The maximum Gasteiger partial charge on any atom is 0.142 e. The van der Waals surface area contributed by atoms with Crippen LogP contribution < -0.4 is 4.74 Å². The number of rotatable bonds is 4. The lowest BCUT2D eigenvalue weighted by Gasteiger charge is -2.13. The quantitative estimate of drug-likeness (QED) is 0.861. The van der Waals surface area contributed by atoms with Gasteiger partial charge in [0.05, 0.1) is 11.6 Å². The molecule has 0 saturated heterocycles. The number of benzene rings is 2. The van der Waals surface area contributed by atoms with E-state index in [1.54, 1.807) is 24.3 Å². The van der Waals surface area contributed by atoms with Crippen LogP contribution in [0.15, 0.2) is 36.4 Å². The van der Waals surface area contributed by atoms with Gasteiger partial charge < -0.3 is 9.84 Å². The largest absolute Gasteiger partial charge is 0.494 e. The van der Waals surface area contributed by atoms with E-state index in [1.807, 2.05) is 6.92 Å². The van der Waals surface area contributed by atoms with Crippen molar-refractivity contribution in [3.63, 3.8) is 0 Å². The molecule has 0 amide bonds. The van der Waals surface area contributed by atoms with E-state index in [4.69, 9.17) is 16.3 Å². The van der Waals surface area contributed by atoms with Crippen molar-refractivity contribution in [2.24, 2.45) is 0 Å². The lowest BCUT2D eigenvalue weighted by Crippen LogP contribution is -2.04. The Morgan fingerprint density at radius 1 is 1.15 bits per heavy atom. The molecule has 0 aliphatic carbocycles. The first-order valence-corrected chi connectivity index (χ1v) is 6.46. The highest BCUT2D eigenvalue weighted by Gasteiger charge is 2.17. The summed E-state index contributed by atoms with van der Waals surface area (Å²) in [5, 5.41) is 9.80. The van der Waals surface area contributed by atoms with Crippen molar-refractivity contribution in [3.8, 4) is 5.75 Å². The van der Waals surface area contributed by atoms with Crippen LogP contribution in [0.5, 0.6) is 5.75 Å². The molecule has 0 spiro atoms. The van der Waals surface area contributed by atoms with Crippen molar-refractivity contribution in [1.29, 1.82) is 0 Å². The Labute approximate surface area is 120 Å². The summed E-state index contributed by atoms with van der Waals surface area (Å²) in [6.07, 6.45) is -1.27. The molecule has 1 N–H and O–H groups in total. The number of aliphatic hydroxyl groups is 1. The second kappa shape index (κ2) is 6.20. The van der Waals surface area contributed by atoms with Crippen LogP contribution in [0.4, 0.5) is 8.78 Å². The molecule has 2 rings (SSSR count). The molecular formula is C15H13ClF2O2. The van der Waals surface area contributed by atoms with E-state index in [0.717, 1.165) is 12.1 Å². The van der Waals surface area contributed by atoms with Crippen LogP contribution in [0.3, 0.4) is 0 Å². The second-order valence-corrected chi connectivity index (χ2v) is 4.60. The average Bonchev–Trinajstić information content (AvgIpc) is 2.43. The van der Waals surface area contributed by atoms with Crippen LogP contribution in [-0.4, -0.2) is 11.7 Å². The first-order valence-electron chi connectivity index (χ1n) is 6.08. The van der Waals surface area contributed by atoms with Gasteiger partial charge in [-0.25, -0.2) is 8.78 Å². The lowest BCUT2D eigenvalue weighted by molar-refractivity contribution is 0.214. The van der Waals surface area contributed by atoms with Crippen LogP contribution in [0, 0.1) is 11.6 Å². The minimum Gasteiger partial charge on any atom is -0.494 e. The van der Waals surface area contributed by atoms with Crippen molar-refractivity contribution >= 4 is 11.6 Å². The lowest BCUT2D eigenvalue weighted by atomic mass is 10.0. The number of ether oxygens (including phenoxy) is 1. The molecule has 2 nitrogen and oxygen atoms in total. The summed E-state index contributed by atoms with van der Waals surface area (Å²) in [7, 11) is 0. The fraction of sp³-hybridized carbons (Fsp3) is 0.200. The second-order valence-electron chi connectivity index (χ2n) is 4.19. The van der Waals surface area contributed by atoms with E-state index in [9.17, 15) is 13.9 Å². The van der Waals surface area contributed by atoms with Crippen molar-refractivity contribution in [1.82, 2.24) is 0 Å². The number of hydrogen-bond donors (Lipinski definition) is 1. The van der Waals surface area contributed by atoms with Gasteiger partial charge in [-0.2, -0.15) is 0 Å². The summed E-state index contributed by atoms with van der Waals surface area (Å²) in [5.74, 6) is -0.878. The first-order chi connectivity index (χ1) is 9.52. The summed E-state index contributed by atoms with van der Waals surface area (Å²) in [4.78, 5) is 0. The summed E-state index contributed by atoms with van der Waals surface area (Å²) in [6, 6.07) is 8.27. The van der Waals surface area contributed by atoms with Crippen molar-refractivity contribution < 1.29 is 18.6 Å². The summed E-state index contributed by atoms with van der Waals surface area (Å²) in [5.41, 5.74) is 0.283. The predicted octanol–water partition coefficient (Wildman–Crippen LogP) is 4.10. The highest BCUT2D eigenvalue weighted by Crippen LogP contribution is 2.29. The fourth-order valence-corrected chi connectivity index (χ4v) is 1.99. The Balaban J connectivity index is 2.31. The maximum atomic E-state index is 13.7. The van der Waals surface area contributed by atoms with Gasteiger partial charge in [0.25, 0.3) is 0 Å². The fourth-order valence-electron chi connectivity index (χ4n) is 1.84. The maximum absolute atomic E-state index is 13.7. The van der Waals surface area contributed by atoms with Crippen LogP contribution in [-0.2, 0) is 0 Å². The molecule has 1 unspecified atom stereocenters. The van der Waals surface area contributed by atoms with Crippen LogP contribution >= 0.6 is 11.6 Å². The smallest absolute Gasteiger partial charge is 0.142 e. The van der Waals surface area contributed by atoms with E-state index >= 15 is 0 Å². The van der Waals surface area contributed by atoms with Gasteiger partial charge in [-0.1, -0.05) is 23.7 Å². The molecule has 2 aromatic rings. The zero-order chi connectivity index (χ0) is 14.7. The van der Waals surface area contributed by atoms with Crippen molar-refractivity contribution in [2.45, 2.75) is 13.0 Å². The van der Waals surface area contributed by atoms with Gasteiger partial charge in [0, 0.05) is 5.56 Å². The summed E-state index contributed by atoms with van der Waals surface area (Å²) >= 11 is 5.48. The van der Waals surface area contributed by atoms with E-state index in [0.29, 0.717) is 17.9 Å². The third-order valence-corrected chi connectivity index (χ3v) is 3.13. The highest BCUT2D eigenvalue weighted by atomic mass is 35.5. The normalized spacial score (nSPS) is 12.2. The monoisotopic (exact) mass is 298 g/mol. The minimum atomic E-state index is -1.27. The molecule has 0 heterocycles. The van der Waals surface area contributed by atoms with E-state index in [2.05, 4.69) is 0 Å². The van der Waals surface area contributed by atoms with Gasteiger partial charge in [-0.3, -0.25) is 0 Å². The zero-order valence-corrected chi connectivity index (χ0v) is 11.5. The van der Waals surface area contributed by atoms with E-state index in [-0.39, 0.29) is 10.6 Å². The number of halogens is 3. The van der Waals surface area contributed by atoms with Gasteiger partial charge in [-0.15, -0.1) is 0 Å². The van der Waals surface area contributed by atoms with Crippen molar-refractivity contribution in [3.05, 3.63) is 64.2 Å². The van der Waals surface area contributed by atoms with Gasteiger partial charge >= 0.3 is 0 Å². The Kier molecular flexibility index (Phi) is 4.57. The van der Waals surface area contributed by atoms with Gasteiger partial charge in [-0.05, 0) is 36.8 Å². The predicted molar refractivity (Wildman–Crippen MR) is 73.0 cm³/mol. The average molecular weight is 299 g/mol. The minimum absolute atomic E-state index is 0.156. The van der Waals surface area contributed by atoms with Crippen LogP contribution in [0.1, 0.15) is 24.2 Å². The molecule has 0 fully saturated rings. The summed E-state index contributed by atoms with van der Waals surface area (Å²) < 4.78 is 32.4. The molecule has 0 radical (unpaired) electrons. The van der Waals surface area contributed by atoms with Crippen molar-refractivity contribution in [2.75, 3.05) is 6.61 Å². The zero-order valence-electron chi connectivity index (χ0n) is 10.7. The SMILES string of the molecule is CCOc1ccc(C(O)c2cc(F)c(Cl)cc2F)cc1. The Bertz CT molecular complexity index is 600. The van der Waals surface area contributed by atoms with E-state index < -0.39 is 17.7 Å². The summed E-state index contributed by atoms with van der Waals surface area (Å²) in [6.45, 7) is 2.38. The third kappa shape index (κ3) is 3.08. The third-order valence-electron chi connectivity index (χ3n) is 2.84. The molecule has 106 valence electrons. The van der Waals surface area contributed by atoms with Crippen LogP contribution in [0.2, 0.25) is 5.02 Å². The van der Waals surface area contributed by atoms with Gasteiger partial charge in [0.15, 0.2) is 0 Å². The Hall–Kier alpha value is -1.65. The molecule has 0 saturated carbocycles. The molecule has 0 aromatic heterocycles. The highest BCUT2D eigenvalue weighted by molar-refractivity contribution is 6.30. The molecule has 0 bridgehead atoms. The molecule has 0 aliphatic rings.